The second kappa shape index (κ2) is 3.84. The highest BCUT2D eigenvalue weighted by atomic mass is 79.9. The van der Waals surface area contributed by atoms with Crippen molar-refractivity contribution < 1.29 is 14.8 Å². The smallest absolute Gasteiger partial charge is 0.423 e. The van der Waals surface area contributed by atoms with Crippen LogP contribution in [0.15, 0.2) is 22.7 Å². The van der Waals surface area contributed by atoms with Crippen molar-refractivity contribution in [3.63, 3.8) is 0 Å². The number of halogens is 1. The van der Waals surface area contributed by atoms with Crippen LogP contribution in [-0.2, 0) is 0 Å². The molecule has 0 radical (unpaired) electrons. The summed E-state index contributed by atoms with van der Waals surface area (Å²) in [6.45, 7) is 0. The predicted octanol–water partition coefficient (Wildman–Crippen LogP) is -0.0586. The largest absolute Gasteiger partial charge is 0.489 e. The Morgan fingerprint density at radius 1 is 1.42 bits per heavy atom. The Morgan fingerprint density at radius 2 is 2.08 bits per heavy atom. The molecule has 2 N–H and O–H groups in total. The summed E-state index contributed by atoms with van der Waals surface area (Å²) in [5.41, 5.74) is 0.493. The van der Waals surface area contributed by atoms with E-state index in [0.29, 0.717) is 6.29 Å². The van der Waals surface area contributed by atoms with Gasteiger partial charge in [0.05, 0.1) is 0 Å². The van der Waals surface area contributed by atoms with Gasteiger partial charge >= 0.3 is 7.12 Å². The van der Waals surface area contributed by atoms with Gasteiger partial charge in [0, 0.05) is 10.0 Å². The van der Waals surface area contributed by atoms with Crippen LogP contribution < -0.4 is 5.46 Å². The molecule has 0 spiro atoms. The Hall–Kier alpha value is -0.645. The molecule has 0 bridgehead atoms. The average molecular weight is 229 g/mol. The zero-order chi connectivity index (χ0) is 9.14. The molecule has 1 rings (SSSR count). The summed E-state index contributed by atoms with van der Waals surface area (Å²) >= 11 is 3.16. The van der Waals surface area contributed by atoms with Gasteiger partial charge in [-0.3, -0.25) is 4.79 Å². The van der Waals surface area contributed by atoms with E-state index in [0.717, 1.165) is 4.47 Å². The van der Waals surface area contributed by atoms with Gasteiger partial charge in [-0.1, -0.05) is 22.0 Å². The van der Waals surface area contributed by atoms with Gasteiger partial charge in [-0.15, -0.1) is 0 Å². The first-order valence-electron chi connectivity index (χ1n) is 3.26. The van der Waals surface area contributed by atoms with E-state index < -0.39 is 7.12 Å². The minimum Gasteiger partial charge on any atom is -0.423 e. The van der Waals surface area contributed by atoms with Gasteiger partial charge < -0.3 is 10.0 Å². The van der Waals surface area contributed by atoms with Crippen LogP contribution in [0.25, 0.3) is 0 Å². The lowest BCUT2D eigenvalue weighted by molar-refractivity contribution is 0.112. The van der Waals surface area contributed by atoms with Crippen molar-refractivity contribution in [2.75, 3.05) is 0 Å². The minimum atomic E-state index is -1.60. The third-order valence-electron chi connectivity index (χ3n) is 1.45. The summed E-state index contributed by atoms with van der Waals surface area (Å²) in [5.74, 6) is 0. The second-order valence-corrected chi connectivity index (χ2v) is 3.18. The maximum absolute atomic E-state index is 10.4. The number of carbonyl (C=O) groups excluding carboxylic acids is 1. The van der Waals surface area contributed by atoms with Gasteiger partial charge in [0.2, 0.25) is 0 Å². The predicted molar refractivity (Wildman–Crippen MR) is 49.4 cm³/mol. The Kier molecular flexibility index (Phi) is 3.02. The van der Waals surface area contributed by atoms with E-state index in [2.05, 4.69) is 15.9 Å². The number of carbonyl (C=O) groups is 1. The van der Waals surface area contributed by atoms with Crippen LogP contribution >= 0.6 is 15.9 Å². The molecule has 3 nitrogen and oxygen atoms in total. The highest BCUT2D eigenvalue weighted by molar-refractivity contribution is 9.10. The zero-order valence-electron chi connectivity index (χ0n) is 6.07. The molecule has 62 valence electrons. The molecule has 0 fully saturated rings. The van der Waals surface area contributed by atoms with Gasteiger partial charge in [-0.25, -0.2) is 0 Å². The monoisotopic (exact) mass is 228 g/mol. The average Bonchev–Trinajstić information content (AvgIpc) is 2.03. The van der Waals surface area contributed by atoms with Crippen molar-refractivity contribution in [2.45, 2.75) is 0 Å². The molecule has 0 aromatic heterocycles. The number of aldehydes is 1. The molecule has 1 aromatic rings. The quantitative estimate of drug-likeness (QED) is 0.551. The fraction of sp³-hybridized carbons (Fsp3) is 0. The Morgan fingerprint density at radius 3 is 2.58 bits per heavy atom. The van der Waals surface area contributed by atoms with Gasteiger partial charge in [0.1, 0.15) is 6.29 Å². The van der Waals surface area contributed by atoms with Crippen LogP contribution in [0.3, 0.4) is 0 Å². The molecule has 0 saturated carbocycles. The molecule has 12 heavy (non-hydrogen) atoms. The fourth-order valence-corrected chi connectivity index (χ4v) is 1.26. The molecular formula is C7H6BBrO3. The van der Waals surface area contributed by atoms with E-state index in [9.17, 15) is 4.79 Å². The molecule has 0 aliphatic carbocycles. The van der Waals surface area contributed by atoms with Crippen LogP contribution in [0, 0.1) is 0 Å². The second-order valence-electron chi connectivity index (χ2n) is 2.26. The first-order chi connectivity index (χ1) is 5.65. The highest BCUT2D eigenvalue weighted by Gasteiger charge is 2.15. The molecule has 0 amide bonds. The van der Waals surface area contributed by atoms with E-state index in [1.54, 1.807) is 6.07 Å². The summed E-state index contributed by atoms with van der Waals surface area (Å²) in [7, 11) is -1.60. The molecule has 1 aromatic carbocycles. The molecule has 5 heteroatoms. The topological polar surface area (TPSA) is 57.5 Å². The van der Waals surface area contributed by atoms with Gasteiger partial charge in [0.25, 0.3) is 0 Å². The number of hydrogen-bond acceptors (Lipinski definition) is 3. The Bertz CT molecular complexity index is 301. The van der Waals surface area contributed by atoms with Gasteiger partial charge in [-0.2, -0.15) is 0 Å². The number of benzene rings is 1. The zero-order valence-corrected chi connectivity index (χ0v) is 7.65. The summed E-state index contributed by atoms with van der Waals surface area (Å²) in [6.07, 6.45) is 0.583. The Labute approximate surface area is 78.3 Å². The number of rotatable bonds is 2. The molecule has 0 aliphatic heterocycles. The lowest BCUT2D eigenvalue weighted by atomic mass is 9.77. The SMILES string of the molecule is O=Cc1cc(Br)ccc1B(O)O. The summed E-state index contributed by atoms with van der Waals surface area (Å²) in [6, 6.07) is 4.65. The van der Waals surface area contributed by atoms with E-state index >= 15 is 0 Å². The van der Waals surface area contributed by atoms with Gasteiger partial charge in [-0.05, 0) is 17.6 Å². The third kappa shape index (κ3) is 1.94. The van der Waals surface area contributed by atoms with Crippen molar-refractivity contribution >= 4 is 34.8 Å². The van der Waals surface area contributed by atoms with Crippen LogP contribution in [0.4, 0.5) is 0 Å². The van der Waals surface area contributed by atoms with E-state index in [1.807, 2.05) is 0 Å². The minimum absolute atomic E-state index is 0.216. The van der Waals surface area contributed by atoms with Crippen molar-refractivity contribution in [3.05, 3.63) is 28.2 Å². The van der Waals surface area contributed by atoms with Crippen LogP contribution in [0.2, 0.25) is 0 Å². The standard InChI is InChI=1S/C7H6BBrO3/c9-6-1-2-7(8(11)12)5(3-6)4-10/h1-4,11-12H. The molecule has 0 unspecified atom stereocenters. The number of hydrogen-bond donors (Lipinski definition) is 2. The van der Waals surface area contributed by atoms with Crippen LogP contribution in [0.5, 0.6) is 0 Å². The Balaban J connectivity index is 3.20. The van der Waals surface area contributed by atoms with Crippen molar-refractivity contribution in [3.8, 4) is 0 Å². The summed E-state index contributed by atoms with van der Waals surface area (Å²) in [5, 5.41) is 17.6. The van der Waals surface area contributed by atoms with Crippen molar-refractivity contribution in [1.82, 2.24) is 0 Å². The van der Waals surface area contributed by atoms with Crippen molar-refractivity contribution in [1.29, 1.82) is 0 Å². The van der Waals surface area contributed by atoms with E-state index in [4.69, 9.17) is 10.0 Å². The van der Waals surface area contributed by atoms with Gasteiger partial charge in [0.15, 0.2) is 0 Å². The maximum Gasteiger partial charge on any atom is 0.489 e. The normalized spacial score (nSPS) is 9.58. The molecular weight excluding hydrogens is 223 g/mol. The summed E-state index contributed by atoms with van der Waals surface area (Å²) < 4.78 is 0.731. The molecule has 0 saturated heterocycles. The fourth-order valence-electron chi connectivity index (χ4n) is 0.883. The molecule has 0 aliphatic rings. The first kappa shape index (κ1) is 9.44. The lowest BCUT2D eigenvalue weighted by Gasteiger charge is -2.02. The first-order valence-corrected chi connectivity index (χ1v) is 4.05. The maximum atomic E-state index is 10.4. The van der Waals surface area contributed by atoms with E-state index in [-0.39, 0.29) is 11.0 Å². The molecule has 0 atom stereocenters. The van der Waals surface area contributed by atoms with Crippen LogP contribution in [-0.4, -0.2) is 23.5 Å². The van der Waals surface area contributed by atoms with Crippen LogP contribution in [0.1, 0.15) is 10.4 Å². The third-order valence-corrected chi connectivity index (χ3v) is 1.95. The van der Waals surface area contributed by atoms with E-state index in [1.165, 1.54) is 12.1 Å². The highest BCUT2D eigenvalue weighted by Crippen LogP contribution is 2.08. The molecule has 0 heterocycles. The van der Waals surface area contributed by atoms with Crippen molar-refractivity contribution in [2.24, 2.45) is 0 Å². The summed E-state index contributed by atoms with van der Waals surface area (Å²) in [4.78, 5) is 10.4. The lowest BCUT2D eigenvalue weighted by Crippen LogP contribution is -2.32.